The summed E-state index contributed by atoms with van der Waals surface area (Å²) in [5.41, 5.74) is 6.85. The van der Waals surface area contributed by atoms with Gasteiger partial charge in [0.1, 0.15) is 0 Å². The number of carboxylic acid groups (broad SMARTS) is 1. The average molecular weight is 293 g/mol. The van der Waals surface area contributed by atoms with Gasteiger partial charge >= 0.3 is 5.97 Å². The third kappa shape index (κ3) is 3.67. The Morgan fingerprint density at radius 2 is 2.14 bits per heavy atom. The third-order valence-corrected chi connectivity index (χ3v) is 4.31. The molecule has 1 aromatic rings. The van der Waals surface area contributed by atoms with Crippen LogP contribution < -0.4 is 15.2 Å². The zero-order valence-corrected chi connectivity index (χ0v) is 12.6. The van der Waals surface area contributed by atoms with Crippen LogP contribution in [0.1, 0.15) is 38.7 Å². The van der Waals surface area contributed by atoms with Crippen molar-refractivity contribution in [2.45, 2.75) is 45.6 Å². The van der Waals surface area contributed by atoms with E-state index < -0.39 is 11.4 Å². The summed E-state index contributed by atoms with van der Waals surface area (Å²) >= 11 is 0. The molecule has 1 aliphatic rings. The minimum Gasteiger partial charge on any atom is -0.481 e. The van der Waals surface area contributed by atoms with Crippen molar-refractivity contribution in [3.63, 3.8) is 0 Å². The second kappa shape index (κ2) is 6.35. The van der Waals surface area contributed by atoms with Crippen LogP contribution in [0.3, 0.4) is 0 Å². The summed E-state index contributed by atoms with van der Waals surface area (Å²) in [6.45, 7) is 4.21. The molecule has 2 rings (SSSR count). The second-order valence-electron chi connectivity index (χ2n) is 5.93. The van der Waals surface area contributed by atoms with Gasteiger partial charge in [0, 0.05) is 6.04 Å². The predicted octanol–water partition coefficient (Wildman–Crippen LogP) is 2.57. The Balaban J connectivity index is 2.06. The van der Waals surface area contributed by atoms with Crippen molar-refractivity contribution in [1.82, 2.24) is 0 Å². The average Bonchev–Trinajstić information content (AvgIpc) is 2.91. The number of hydrogen-bond donors (Lipinski definition) is 2. The normalized spacial score (nSPS) is 17.3. The molecule has 0 aliphatic carbocycles. The van der Waals surface area contributed by atoms with Gasteiger partial charge in [-0.05, 0) is 42.4 Å². The molecule has 116 valence electrons. The van der Waals surface area contributed by atoms with E-state index in [9.17, 15) is 4.79 Å². The van der Waals surface area contributed by atoms with Crippen LogP contribution in [0.2, 0.25) is 0 Å². The van der Waals surface area contributed by atoms with E-state index in [4.69, 9.17) is 20.3 Å². The minimum absolute atomic E-state index is 0.0898. The maximum Gasteiger partial charge on any atom is 0.303 e. The lowest BCUT2D eigenvalue weighted by Crippen LogP contribution is -2.41. The number of aryl methyl sites for hydroxylation is 1. The summed E-state index contributed by atoms with van der Waals surface area (Å²) in [4.78, 5) is 11.1. The van der Waals surface area contributed by atoms with Gasteiger partial charge in [-0.2, -0.15) is 0 Å². The third-order valence-electron chi connectivity index (χ3n) is 4.31. The molecule has 1 aliphatic heterocycles. The molecule has 0 saturated heterocycles. The largest absolute Gasteiger partial charge is 0.481 e. The molecule has 21 heavy (non-hydrogen) atoms. The first-order valence-corrected chi connectivity index (χ1v) is 7.30. The fourth-order valence-corrected chi connectivity index (χ4v) is 2.77. The lowest BCUT2D eigenvalue weighted by molar-refractivity contribution is -0.140. The highest BCUT2D eigenvalue weighted by atomic mass is 16.7. The molecule has 0 amide bonds. The van der Waals surface area contributed by atoms with Gasteiger partial charge < -0.3 is 20.3 Å². The fraction of sp³-hybridized carbons (Fsp3) is 0.562. The van der Waals surface area contributed by atoms with Crippen LogP contribution in [0, 0.1) is 5.41 Å². The Hall–Kier alpha value is -1.75. The fourth-order valence-electron chi connectivity index (χ4n) is 2.77. The topological polar surface area (TPSA) is 81.8 Å². The molecule has 1 aromatic carbocycles. The van der Waals surface area contributed by atoms with Gasteiger partial charge in [-0.15, -0.1) is 0 Å². The molecule has 2 atom stereocenters. The maximum atomic E-state index is 11.1. The quantitative estimate of drug-likeness (QED) is 0.807. The maximum absolute atomic E-state index is 11.1. The van der Waals surface area contributed by atoms with E-state index in [0.29, 0.717) is 0 Å². The number of hydrogen-bond acceptors (Lipinski definition) is 4. The van der Waals surface area contributed by atoms with Gasteiger partial charge in [-0.3, -0.25) is 4.79 Å². The van der Waals surface area contributed by atoms with Gasteiger partial charge in [-0.1, -0.05) is 19.9 Å². The summed E-state index contributed by atoms with van der Waals surface area (Å²) in [5.74, 6) is 0.719. The van der Waals surface area contributed by atoms with Gasteiger partial charge in [-0.25, -0.2) is 0 Å². The van der Waals surface area contributed by atoms with Crippen LogP contribution in [0.4, 0.5) is 0 Å². The van der Waals surface area contributed by atoms with Crippen molar-refractivity contribution in [1.29, 1.82) is 0 Å². The van der Waals surface area contributed by atoms with Crippen molar-refractivity contribution in [3.05, 3.63) is 23.8 Å². The Morgan fingerprint density at radius 1 is 1.43 bits per heavy atom. The van der Waals surface area contributed by atoms with Gasteiger partial charge in [0.05, 0.1) is 6.42 Å². The van der Waals surface area contributed by atoms with Crippen LogP contribution in [0.25, 0.3) is 0 Å². The SMILES string of the molecule is CCC(N)C(C)(CCc1ccc2c(c1)OCO2)CC(=O)O. The first kappa shape index (κ1) is 15.6. The highest BCUT2D eigenvalue weighted by Crippen LogP contribution is 2.36. The molecular weight excluding hydrogens is 270 g/mol. The Labute approximate surface area is 125 Å². The summed E-state index contributed by atoms with van der Waals surface area (Å²) in [6.07, 6.45) is 2.36. The highest BCUT2D eigenvalue weighted by Gasteiger charge is 2.33. The number of rotatable bonds is 7. The molecule has 3 N–H and O–H groups in total. The lowest BCUT2D eigenvalue weighted by atomic mass is 9.74. The lowest BCUT2D eigenvalue weighted by Gasteiger charge is -2.34. The molecule has 0 bridgehead atoms. The van der Waals surface area contributed by atoms with Crippen molar-refractivity contribution in [2.24, 2.45) is 11.1 Å². The van der Waals surface area contributed by atoms with Crippen LogP contribution >= 0.6 is 0 Å². The van der Waals surface area contributed by atoms with Crippen LogP contribution in [0.5, 0.6) is 11.5 Å². The highest BCUT2D eigenvalue weighted by molar-refractivity contribution is 5.67. The van der Waals surface area contributed by atoms with E-state index in [1.54, 1.807) is 0 Å². The molecule has 0 aromatic heterocycles. The monoisotopic (exact) mass is 293 g/mol. The zero-order valence-electron chi connectivity index (χ0n) is 12.6. The molecule has 0 fully saturated rings. The summed E-state index contributed by atoms with van der Waals surface area (Å²) in [5, 5.41) is 9.13. The van der Waals surface area contributed by atoms with Crippen LogP contribution in [-0.2, 0) is 11.2 Å². The van der Waals surface area contributed by atoms with Crippen LogP contribution in [-0.4, -0.2) is 23.9 Å². The predicted molar refractivity (Wildman–Crippen MR) is 79.5 cm³/mol. The molecule has 5 nitrogen and oxygen atoms in total. The van der Waals surface area contributed by atoms with Gasteiger partial charge in [0.25, 0.3) is 0 Å². The summed E-state index contributed by atoms with van der Waals surface area (Å²) in [7, 11) is 0. The van der Waals surface area contributed by atoms with Gasteiger partial charge in [0.2, 0.25) is 6.79 Å². The number of benzene rings is 1. The van der Waals surface area contributed by atoms with Crippen LogP contribution in [0.15, 0.2) is 18.2 Å². The standard InChI is InChI=1S/C16H23NO4/c1-3-14(17)16(2,9-15(18)19)7-6-11-4-5-12-13(8-11)21-10-20-12/h4-5,8,14H,3,6-7,9-10,17H2,1-2H3,(H,18,19). The zero-order chi connectivity index (χ0) is 15.5. The van der Waals surface area contributed by atoms with Crippen molar-refractivity contribution in [2.75, 3.05) is 6.79 Å². The number of carboxylic acids is 1. The van der Waals surface area contributed by atoms with E-state index in [1.807, 2.05) is 32.0 Å². The minimum atomic E-state index is -0.799. The molecular formula is C16H23NO4. The number of aliphatic carboxylic acids is 1. The molecule has 0 saturated carbocycles. The Bertz CT molecular complexity index is 517. The van der Waals surface area contributed by atoms with E-state index in [0.717, 1.165) is 36.3 Å². The molecule has 0 radical (unpaired) electrons. The first-order valence-electron chi connectivity index (χ1n) is 7.30. The van der Waals surface area contributed by atoms with E-state index in [-0.39, 0.29) is 19.3 Å². The summed E-state index contributed by atoms with van der Waals surface area (Å²) in [6, 6.07) is 5.72. The first-order chi connectivity index (χ1) is 9.94. The number of fused-ring (bicyclic) bond motifs is 1. The second-order valence-corrected chi connectivity index (χ2v) is 5.93. The number of ether oxygens (including phenoxy) is 2. The smallest absolute Gasteiger partial charge is 0.303 e. The molecule has 2 unspecified atom stereocenters. The summed E-state index contributed by atoms with van der Waals surface area (Å²) < 4.78 is 10.7. The van der Waals surface area contributed by atoms with Gasteiger partial charge in [0.15, 0.2) is 11.5 Å². The number of carbonyl (C=O) groups is 1. The van der Waals surface area contributed by atoms with Crippen molar-refractivity contribution < 1.29 is 19.4 Å². The van der Waals surface area contributed by atoms with E-state index >= 15 is 0 Å². The molecule has 5 heteroatoms. The molecule has 0 spiro atoms. The van der Waals surface area contributed by atoms with Crippen molar-refractivity contribution >= 4 is 5.97 Å². The van der Waals surface area contributed by atoms with Crippen molar-refractivity contribution in [3.8, 4) is 11.5 Å². The Morgan fingerprint density at radius 3 is 2.81 bits per heavy atom. The Kier molecular flexibility index (Phi) is 4.73. The number of nitrogens with two attached hydrogens (primary N) is 1. The van der Waals surface area contributed by atoms with E-state index in [1.165, 1.54) is 0 Å². The molecule has 1 heterocycles. The van der Waals surface area contributed by atoms with E-state index in [2.05, 4.69) is 0 Å².